The molecule has 3 heteroatoms. The van der Waals surface area contributed by atoms with Gasteiger partial charge in [-0.05, 0) is 45.1 Å². The summed E-state index contributed by atoms with van der Waals surface area (Å²) in [6.07, 6.45) is 14.6. The Hall–Kier alpha value is -0.410. The van der Waals surface area contributed by atoms with E-state index in [0.717, 1.165) is 6.54 Å². The largest absolute Gasteiger partial charge is 0.305 e. The van der Waals surface area contributed by atoms with Crippen molar-refractivity contribution in [3.8, 4) is 0 Å². The molecule has 0 saturated heterocycles. The summed E-state index contributed by atoms with van der Waals surface area (Å²) in [5.41, 5.74) is 1.62. The van der Waals surface area contributed by atoms with E-state index in [0.29, 0.717) is 0 Å². The van der Waals surface area contributed by atoms with E-state index < -0.39 is 0 Å². The van der Waals surface area contributed by atoms with Crippen molar-refractivity contribution in [2.45, 2.75) is 83.1 Å². The van der Waals surface area contributed by atoms with Crippen molar-refractivity contribution < 1.29 is 0 Å². The predicted octanol–water partition coefficient (Wildman–Crippen LogP) is 4.57. The molecule has 1 aromatic rings. The molecule has 0 aromatic carbocycles. The van der Waals surface area contributed by atoms with Crippen molar-refractivity contribution in [2.24, 2.45) is 0 Å². The monoisotopic (exact) mass is 292 g/mol. The molecule has 1 saturated carbocycles. The fourth-order valence-electron chi connectivity index (χ4n) is 3.73. The normalized spacial score (nSPS) is 22.2. The number of hydrogen-bond acceptors (Lipinski definition) is 3. The quantitative estimate of drug-likeness (QED) is 0.879. The third kappa shape index (κ3) is 2.94. The Morgan fingerprint density at radius 1 is 1.05 bits per heavy atom. The molecular weight excluding hydrogens is 264 g/mol. The van der Waals surface area contributed by atoms with Gasteiger partial charge in [-0.25, -0.2) is 4.98 Å². The summed E-state index contributed by atoms with van der Waals surface area (Å²) in [5, 5.41) is 5.32. The maximum atomic E-state index is 5.07. The number of hydrogen-bond donors (Lipinski definition) is 1. The number of rotatable bonds is 4. The maximum absolute atomic E-state index is 5.07. The Morgan fingerprint density at radius 2 is 1.80 bits per heavy atom. The Labute approximate surface area is 127 Å². The van der Waals surface area contributed by atoms with E-state index >= 15 is 0 Å². The molecule has 1 N–H and O–H groups in total. The van der Waals surface area contributed by atoms with Crippen LogP contribution in [-0.4, -0.2) is 11.5 Å². The second-order valence-electron chi connectivity index (χ2n) is 6.52. The number of aromatic nitrogens is 1. The van der Waals surface area contributed by atoms with Crippen LogP contribution in [0.4, 0.5) is 0 Å². The first kappa shape index (κ1) is 14.5. The molecule has 0 unspecified atom stereocenters. The van der Waals surface area contributed by atoms with Crippen molar-refractivity contribution in [3.05, 3.63) is 15.6 Å². The summed E-state index contributed by atoms with van der Waals surface area (Å²) < 4.78 is 0. The molecule has 0 spiro atoms. The highest BCUT2D eigenvalue weighted by Gasteiger charge is 2.35. The standard InChI is InChI=1S/C17H28N2S/c1-2-13-18-17(11-6-4-3-5-7-12-17)16-19-14-9-8-10-15(14)20-16/h18H,2-13H2,1H3. The van der Waals surface area contributed by atoms with Gasteiger partial charge in [0.25, 0.3) is 0 Å². The van der Waals surface area contributed by atoms with Gasteiger partial charge in [-0.1, -0.05) is 39.0 Å². The number of nitrogens with one attached hydrogen (secondary N) is 1. The minimum atomic E-state index is 0.200. The third-order valence-electron chi connectivity index (χ3n) is 4.93. The van der Waals surface area contributed by atoms with E-state index in [2.05, 4.69) is 12.2 Å². The molecule has 20 heavy (non-hydrogen) atoms. The van der Waals surface area contributed by atoms with E-state index in [-0.39, 0.29) is 5.54 Å². The molecule has 2 aliphatic carbocycles. The minimum Gasteiger partial charge on any atom is -0.305 e. The fourth-order valence-corrected chi connectivity index (χ4v) is 5.11. The van der Waals surface area contributed by atoms with Crippen LogP contribution in [0.5, 0.6) is 0 Å². The molecule has 112 valence electrons. The van der Waals surface area contributed by atoms with Crippen LogP contribution in [0.1, 0.15) is 80.3 Å². The second-order valence-corrected chi connectivity index (χ2v) is 7.60. The van der Waals surface area contributed by atoms with Crippen LogP contribution < -0.4 is 5.32 Å². The highest BCUT2D eigenvalue weighted by Crippen LogP contribution is 2.40. The Balaban J connectivity index is 1.85. The van der Waals surface area contributed by atoms with Gasteiger partial charge in [-0.15, -0.1) is 11.3 Å². The molecule has 0 amide bonds. The molecule has 0 atom stereocenters. The summed E-state index contributed by atoms with van der Waals surface area (Å²) in [5.74, 6) is 0. The molecule has 3 rings (SSSR count). The van der Waals surface area contributed by atoms with Gasteiger partial charge < -0.3 is 5.32 Å². The minimum absolute atomic E-state index is 0.200. The van der Waals surface area contributed by atoms with Gasteiger partial charge >= 0.3 is 0 Å². The molecule has 0 radical (unpaired) electrons. The third-order valence-corrected chi connectivity index (χ3v) is 6.29. The average Bonchev–Trinajstić information content (AvgIpc) is 2.99. The highest BCUT2D eigenvalue weighted by atomic mass is 32.1. The molecule has 2 aliphatic rings. The summed E-state index contributed by atoms with van der Waals surface area (Å²) in [6, 6.07) is 0. The molecule has 0 bridgehead atoms. The van der Waals surface area contributed by atoms with Crippen LogP contribution in [0, 0.1) is 0 Å². The highest BCUT2D eigenvalue weighted by molar-refractivity contribution is 7.12. The molecule has 2 nitrogen and oxygen atoms in total. The van der Waals surface area contributed by atoms with Crippen LogP contribution in [-0.2, 0) is 18.4 Å². The Kier molecular flexibility index (Phi) is 4.77. The van der Waals surface area contributed by atoms with Crippen LogP contribution in [0.15, 0.2) is 0 Å². The van der Waals surface area contributed by atoms with E-state index in [4.69, 9.17) is 4.98 Å². The first-order valence-electron chi connectivity index (χ1n) is 8.58. The van der Waals surface area contributed by atoms with Crippen LogP contribution in [0.25, 0.3) is 0 Å². The van der Waals surface area contributed by atoms with Gasteiger partial charge in [-0.2, -0.15) is 0 Å². The SMILES string of the molecule is CCCNC1(c2nc3c(s2)CCC3)CCCCCCC1. The number of aryl methyl sites for hydroxylation is 2. The molecule has 0 aliphatic heterocycles. The van der Waals surface area contributed by atoms with Gasteiger partial charge in [0.15, 0.2) is 0 Å². The second kappa shape index (κ2) is 6.57. The van der Waals surface area contributed by atoms with Gasteiger partial charge in [0, 0.05) is 4.88 Å². The zero-order chi connectivity index (χ0) is 13.8. The van der Waals surface area contributed by atoms with E-state index in [1.54, 1.807) is 4.88 Å². The van der Waals surface area contributed by atoms with Crippen molar-refractivity contribution in [1.82, 2.24) is 10.3 Å². The maximum Gasteiger partial charge on any atom is 0.113 e. The van der Waals surface area contributed by atoms with Crippen LogP contribution >= 0.6 is 11.3 Å². The smallest absolute Gasteiger partial charge is 0.113 e. The lowest BCUT2D eigenvalue weighted by molar-refractivity contribution is 0.252. The molecular formula is C17H28N2S. The lowest BCUT2D eigenvalue weighted by atomic mass is 9.84. The van der Waals surface area contributed by atoms with Crippen molar-refractivity contribution in [2.75, 3.05) is 6.54 Å². The Bertz CT molecular complexity index is 403. The first-order chi connectivity index (χ1) is 9.84. The summed E-state index contributed by atoms with van der Waals surface area (Å²) in [4.78, 5) is 6.65. The molecule has 1 heterocycles. The van der Waals surface area contributed by atoms with E-state index in [1.165, 1.54) is 81.3 Å². The lowest BCUT2D eigenvalue weighted by Gasteiger charge is -2.35. The average molecular weight is 292 g/mol. The number of thiazole rings is 1. The fraction of sp³-hybridized carbons (Fsp3) is 0.824. The zero-order valence-corrected chi connectivity index (χ0v) is 13.7. The lowest BCUT2D eigenvalue weighted by Crippen LogP contribution is -2.43. The van der Waals surface area contributed by atoms with Crippen LogP contribution in [0.3, 0.4) is 0 Å². The van der Waals surface area contributed by atoms with E-state index in [1.807, 2.05) is 11.3 Å². The van der Waals surface area contributed by atoms with Gasteiger partial charge in [-0.3, -0.25) is 0 Å². The summed E-state index contributed by atoms with van der Waals surface area (Å²) in [6.45, 7) is 3.40. The predicted molar refractivity (Wildman–Crippen MR) is 86.4 cm³/mol. The zero-order valence-electron chi connectivity index (χ0n) is 12.8. The van der Waals surface area contributed by atoms with E-state index in [9.17, 15) is 0 Å². The summed E-state index contributed by atoms with van der Waals surface area (Å²) in [7, 11) is 0. The summed E-state index contributed by atoms with van der Waals surface area (Å²) >= 11 is 2.02. The van der Waals surface area contributed by atoms with Gasteiger partial charge in [0.1, 0.15) is 5.01 Å². The molecule has 1 aromatic heterocycles. The topological polar surface area (TPSA) is 24.9 Å². The van der Waals surface area contributed by atoms with Crippen molar-refractivity contribution >= 4 is 11.3 Å². The Morgan fingerprint density at radius 3 is 2.50 bits per heavy atom. The number of fused-ring (bicyclic) bond motifs is 1. The number of nitrogens with zero attached hydrogens (tertiary/aromatic N) is 1. The molecule has 1 fully saturated rings. The van der Waals surface area contributed by atoms with Crippen LogP contribution in [0.2, 0.25) is 0 Å². The van der Waals surface area contributed by atoms with Gasteiger partial charge in [0.05, 0.1) is 11.2 Å². The van der Waals surface area contributed by atoms with Crippen molar-refractivity contribution in [1.29, 1.82) is 0 Å². The van der Waals surface area contributed by atoms with Gasteiger partial charge in [0.2, 0.25) is 0 Å². The first-order valence-corrected chi connectivity index (χ1v) is 9.40. The van der Waals surface area contributed by atoms with Crippen molar-refractivity contribution in [3.63, 3.8) is 0 Å².